The molecule has 1 aromatic heterocycles. The summed E-state index contributed by atoms with van der Waals surface area (Å²) in [5.41, 5.74) is 1.15. The number of para-hydroxylation sites is 1. The van der Waals surface area contributed by atoms with E-state index in [1.165, 1.54) is 6.92 Å². The molecule has 10 heteroatoms. The van der Waals surface area contributed by atoms with Crippen molar-refractivity contribution in [3.63, 3.8) is 0 Å². The minimum atomic E-state index is -3.72. The molecule has 1 fully saturated rings. The van der Waals surface area contributed by atoms with Crippen LogP contribution in [0.4, 0.5) is 10.8 Å². The summed E-state index contributed by atoms with van der Waals surface area (Å²) in [5.74, 6) is -0.0854. The van der Waals surface area contributed by atoms with Gasteiger partial charge in [-0.2, -0.15) is 0 Å². The van der Waals surface area contributed by atoms with Crippen LogP contribution in [0.3, 0.4) is 0 Å². The molecule has 1 aliphatic heterocycles. The standard InChI is InChI=1S/C15H19N5O3S2/c1-11(21)17-14-18-19-15(24-14)25(22,23)16-9-12-7-8-20(10-12)13-5-3-2-4-6-13/h2-6,12,16H,7-10H2,1H3,(H,17,18,21). The van der Waals surface area contributed by atoms with Crippen LogP contribution in [0.1, 0.15) is 13.3 Å². The summed E-state index contributed by atoms with van der Waals surface area (Å²) >= 11 is 0.833. The minimum Gasteiger partial charge on any atom is -0.371 e. The third-order valence-corrected chi connectivity index (χ3v) is 6.52. The first-order valence-electron chi connectivity index (χ1n) is 7.85. The predicted molar refractivity (Wildman–Crippen MR) is 96.2 cm³/mol. The molecule has 2 N–H and O–H groups in total. The van der Waals surface area contributed by atoms with E-state index in [-0.39, 0.29) is 21.3 Å². The van der Waals surface area contributed by atoms with Gasteiger partial charge in [-0.25, -0.2) is 13.1 Å². The van der Waals surface area contributed by atoms with Gasteiger partial charge in [0.1, 0.15) is 0 Å². The fourth-order valence-electron chi connectivity index (χ4n) is 2.68. The largest absolute Gasteiger partial charge is 0.371 e. The number of amides is 1. The molecule has 1 amide bonds. The zero-order valence-electron chi connectivity index (χ0n) is 13.7. The predicted octanol–water partition coefficient (Wildman–Crippen LogP) is 1.30. The van der Waals surface area contributed by atoms with E-state index in [9.17, 15) is 13.2 Å². The molecule has 0 radical (unpaired) electrons. The fourth-order valence-corrected chi connectivity index (χ4v) is 4.78. The Balaban J connectivity index is 1.56. The normalized spacial score (nSPS) is 17.6. The Morgan fingerprint density at radius 2 is 2.08 bits per heavy atom. The Bertz CT molecular complexity index is 838. The molecule has 25 heavy (non-hydrogen) atoms. The van der Waals surface area contributed by atoms with E-state index in [1.807, 2.05) is 18.2 Å². The van der Waals surface area contributed by atoms with Gasteiger partial charge in [0.15, 0.2) is 0 Å². The number of nitrogens with one attached hydrogen (secondary N) is 2. The lowest BCUT2D eigenvalue weighted by atomic mass is 10.1. The highest BCUT2D eigenvalue weighted by Gasteiger charge is 2.26. The molecular formula is C15H19N5O3S2. The van der Waals surface area contributed by atoms with E-state index in [0.29, 0.717) is 6.54 Å². The van der Waals surface area contributed by atoms with Crippen molar-refractivity contribution >= 4 is 38.1 Å². The molecule has 1 saturated heterocycles. The van der Waals surface area contributed by atoms with E-state index in [2.05, 4.69) is 37.3 Å². The molecule has 0 bridgehead atoms. The van der Waals surface area contributed by atoms with Crippen LogP contribution in [0.15, 0.2) is 34.7 Å². The Morgan fingerprint density at radius 3 is 2.80 bits per heavy atom. The molecule has 0 spiro atoms. The van der Waals surface area contributed by atoms with Crippen LogP contribution in [0.5, 0.6) is 0 Å². The number of carbonyl (C=O) groups excluding carboxylic acids is 1. The summed E-state index contributed by atoms with van der Waals surface area (Å²) in [5, 5.41) is 9.90. The number of carbonyl (C=O) groups is 1. The van der Waals surface area contributed by atoms with Gasteiger partial charge in [0.2, 0.25) is 15.4 Å². The molecule has 1 unspecified atom stereocenters. The maximum absolute atomic E-state index is 12.3. The molecule has 1 aromatic carbocycles. The number of rotatable bonds is 6. The lowest BCUT2D eigenvalue weighted by Gasteiger charge is -2.18. The van der Waals surface area contributed by atoms with Crippen LogP contribution < -0.4 is 14.9 Å². The first-order valence-corrected chi connectivity index (χ1v) is 10.1. The van der Waals surface area contributed by atoms with E-state index in [1.54, 1.807) is 0 Å². The zero-order chi connectivity index (χ0) is 17.9. The Labute approximate surface area is 150 Å². The monoisotopic (exact) mass is 381 g/mol. The van der Waals surface area contributed by atoms with Crippen molar-refractivity contribution in [1.82, 2.24) is 14.9 Å². The quantitative estimate of drug-likeness (QED) is 0.731. The molecule has 134 valence electrons. The Morgan fingerprint density at radius 1 is 1.32 bits per heavy atom. The van der Waals surface area contributed by atoms with Gasteiger partial charge in [0.05, 0.1) is 0 Å². The minimum absolute atomic E-state index is 0.144. The van der Waals surface area contributed by atoms with Crippen molar-refractivity contribution < 1.29 is 13.2 Å². The summed E-state index contributed by atoms with van der Waals surface area (Å²) in [6.07, 6.45) is 0.921. The van der Waals surface area contributed by atoms with Crippen LogP contribution in [-0.4, -0.2) is 44.2 Å². The molecule has 2 heterocycles. The van der Waals surface area contributed by atoms with Gasteiger partial charge in [-0.1, -0.05) is 29.5 Å². The first-order chi connectivity index (χ1) is 11.9. The molecule has 0 aliphatic carbocycles. The smallest absolute Gasteiger partial charge is 0.269 e. The van der Waals surface area contributed by atoms with Crippen molar-refractivity contribution in [2.75, 3.05) is 29.9 Å². The van der Waals surface area contributed by atoms with Crippen molar-refractivity contribution in [2.45, 2.75) is 17.7 Å². The zero-order valence-corrected chi connectivity index (χ0v) is 15.3. The maximum atomic E-state index is 12.3. The topological polar surface area (TPSA) is 104 Å². The van der Waals surface area contributed by atoms with Crippen LogP contribution >= 0.6 is 11.3 Å². The molecule has 3 rings (SSSR count). The molecule has 8 nitrogen and oxygen atoms in total. The highest BCUT2D eigenvalue weighted by atomic mass is 32.2. The maximum Gasteiger partial charge on any atom is 0.269 e. The first kappa shape index (κ1) is 17.8. The van der Waals surface area contributed by atoms with Gasteiger partial charge >= 0.3 is 0 Å². The SMILES string of the molecule is CC(=O)Nc1nnc(S(=O)(=O)NCC2CCN(c3ccccc3)C2)s1. The van der Waals surface area contributed by atoms with E-state index < -0.39 is 10.0 Å². The van der Waals surface area contributed by atoms with Gasteiger partial charge in [-0.05, 0) is 24.5 Å². The van der Waals surface area contributed by atoms with Gasteiger partial charge in [0, 0.05) is 32.2 Å². The van der Waals surface area contributed by atoms with Crippen LogP contribution in [0.2, 0.25) is 0 Å². The van der Waals surface area contributed by atoms with Gasteiger partial charge in [-0.3, -0.25) is 4.79 Å². The van der Waals surface area contributed by atoms with Crippen molar-refractivity contribution in [1.29, 1.82) is 0 Å². The molecular weight excluding hydrogens is 362 g/mol. The lowest BCUT2D eigenvalue weighted by Crippen LogP contribution is -2.31. The molecule has 2 aromatic rings. The summed E-state index contributed by atoms with van der Waals surface area (Å²) in [6.45, 7) is 3.38. The van der Waals surface area contributed by atoms with Crippen molar-refractivity contribution in [2.24, 2.45) is 5.92 Å². The second-order valence-electron chi connectivity index (χ2n) is 5.84. The van der Waals surface area contributed by atoms with Gasteiger partial charge in [-0.15, -0.1) is 10.2 Å². The third-order valence-electron chi connectivity index (χ3n) is 3.89. The highest BCUT2D eigenvalue weighted by Crippen LogP contribution is 2.24. The van der Waals surface area contributed by atoms with E-state index in [0.717, 1.165) is 36.5 Å². The van der Waals surface area contributed by atoms with Gasteiger partial charge in [0.25, 0.3) is 10.0 Å². The second-order valence-corrected chi connectivity index (χ2v) is 8.76. The fraction of sp³-hybridized carbons (Fsp3) is 0.400. The lowest BCUT2D eigenvalue weighted by molar-refractivity contribution is -0.114. The Hall–Kier alpha value is -2.04. The summed E-state index contributed by atoms with van der Waals surface area (Å²) in [7, 11) is -3.72. The summed E-state index contributed by atoms with van der Waals surface area (Å²) in [4.78, 5) is 13.2. The second kappa shape index (κ2) is 7.46. The average molecular weight is 381 g/mol. The summed E-state index contributed by atoms with van der Waals surface area (Å²) < 4.78 is 27.1. The van der Waals surface area contributed by atoms with Crippen LogP contribution in [-0.2, 0) is 14.8 Å². The average Bonchev–Trinajstić information content (AvgIpc) is 3.23. The molecule has 1 aliphatic rings. The number of anilines is 2. The van der Waals surface area contributed by atoms with Crippen molar-refractivity contribution in [3.8, 4) is 0 Å². The number of hydrogen-bond donors (Lipinski definition) is 2. The van der Waals surface area contributed by atoms with Crippen LogP contribution in [0, 0.1) is 5.92 Å². The highest BCUT2D eigenvalue weighted by molar-refractivity contribution is 7.91. The number of nitrogens with zero attached hydrogens (tertiary/aromatic N) is 3. The molecule has 1 atom stereocenters. The molecule has 0 saturated carbocycles. The van der Waals surface area contributed by atoms with Gasteiger partial charge < -0.3 is 10.2 Å². The Kier molecular flexibility index (Phi) is 5.30. The summed E-state index contributed by atoms with van der Waals surface area (Å²) in [6, 6.07) is 10.1. The third kappa shape index (κ3) is 4.53. The van der Waals surface area contributed by atoms with Crippen LogP contribution in [0.25, 0.3) is 0 Å². The number of benzene rings is 1. The number of hydrogen-bond acceptors (Lipinski definition) is 7. The van der Waals surface area contributed by atoms with E-state index in [4.69, 9.17) is 0 Å². The van der Waals surface area contributed by atoms with E-state index >= 15 is 0 Å². The van der Waals surface area contributed by atoms with Crippen molar-refractivity contribution in [3.05, 3.63) is 30.3 Å². The number of sulfonamides is 1. The number of aromatic nitrogens is 2.